The van der Waals surface area contributed by atoms with Gasteiger partial charge in [0.2, 0.25) is 11.8 Å². The third kappa shape index (κ3) is 5.24. The lowest BCUT2D eigenvalue weighted by molar-refractivity contribution is -0.140. The summed E-state index contributed by atoms with van der Waals surface area (Å²) in [4.78, 5) is 28.0. The second kappa shape index (κ2) is 9.97. The molecule has 144 valence electrons. The van der Waals surface area contributed by atoms with Gasteiger partial charge < -0.3 is 15.0 Å². The zero-order valence-corrected chi connectivity index (χ0v) is 16.9. The molecule has 1 aromatic rings. The van der Waals surface area contributed by atoms with E-state index in [0.717, 1.165) is 12.8 Å². The topological polar surface area (TPSA) is 58.6 Å². The van der Waals surface area contributed by atoms with Gasteiger partial charge in [-0.1, -0.05) is 12.1 Å². The largest absolute Gasteiger partial charge is 0.382 e. The molecule has 2 amide bonds. The van der Waals surface area contributed by atoms with Gasteiger partial charge in [0.05, 0.1) is 0 Å². The number of nitrogens with one attached hydrogen (secondary N) is 1. The zero-order valence-electron chi connectivity index (χ0n) is 16.0. The van der Waals surface area contributed by atoms with Crippen LogP contribution >= 0.6 is 11.8 Å². The van der Waals surface area contributed by atoms with Gasteiger partial charge >= 0.3 is 0 Å². The predicted octanol–water partition coefficient (Wildman–Crippen LogP) is 2.87. The van der Waals surface area contributed by atoms with Crippen molar-refractivity contribution in [2.24, 2.45) is 0 Å². The Bertz CT molecular complexity index is 606. The highest BCUT2D eigenvalue weighted by Gasteiger charge is 2.46. The first-order valence-corrected chi connectivity index (χ1v) is 10.5. The standard InChI is InChI=1S/C20H30N2O3S/c1-4-25-15-5-13-21-19(24)20(2)12-10-18(23)22(20)14-11-16-6-8-17(26-3)9-7-16/h6-9H,4-5,10-15H2,1-3H3,(H,21,24)/t20-/m0/s1. The lowest BCUT2D eigenvalue weighted by Gasteiger charge is -2.34. The lowest BCUT2D eigenvalue weighted by atomic mass is 9.97. The average molecular weight is 379 g/mol. The minimum atomic E-state index is -0.748. The summed E-state index contributed by atoms with van der Waals surface area (Å²) in [5.41, 5.74) is 0.434. The smallest absolute Gasteiger partial charge is 0.245 e. The molecule has 0 aliphatic carbocycles. The van der Waals surface area contributed by atoms with Crippen molar-refractivity contribution < 1.29 is 14.3 Å². The first-order valence-electron chi connectivity index (χ1n) is 9.30. The molecule has 1 saturated heterocycles. The maximum atomic E-state index is 12.7. The van der Waals surface area contributed by atoms with Crippen molar-refractivity contribution in [2.45, 2.75) is 50.0 Å². The second-order valence-electron chi connectivity index (χ2n) is 6.72. The van der Waals surface area contributed by atoms with Gasteiger partial charge in [-0.2, -0.15) is 0 Å². The van der Waals surface area contributed by atoms with Gasteiger partial charge in [-0.05, 0) is 57.1 Å². The summed E-state index contributed by atoms with van der Waals surface area (Å²) in [6, 6.07) is 8.38. The SMILES string of the molecule is CCOCCCNC(=O)[C@]1(C)CCC(=O)N1CCc1ccc(SC)cc1. The third-order valence-corrected chi connectivity index (χ3v) is 5.69. The summed E-state index contributed by atoms with van der Waals surface area (Å²) in [5.74, 6) is 0.00952. The van der Waals surface area contributed by atoms with Crippen molar-refractivity contribution in [2.75, 3.05) is 32.6 Å². The third-order valence-electron chi connectivity index (χ3n) is 4.95. The van der Waals surface area contributed by atoms with Gasteiger partial charge in [0.15, 0.2) is 0 Å². The Labute approximate surface area is 160 Å². The van der Waals surface area contributed by atoms with Crippen LogP contribution in [0.3, 0.4) is 0 Å². The van der Waals surface area contributed by atoms with Crippen LogP contribution in [-0.2, 0) is 20.7 Å². The van der Waals surface area contributed by atoms with E-state index in [1.807, 2.05) is 13.8 Å². The molecule has 0 bridgehead atoms. The molecule has 1 atom stereocenters. The fourth-order valence-electron chi connectivity index (χ4n) is 3.25. The molecule has 0 aromatic heterocycles. The molecule has 0 spiro atoms. The molecule has 0 radical (unpaired) electrons. The van der Waals surface area contributed by atoms with Crippen LogP contribution in [0.4, 0.5) is 0 Å². The molecule has 1 aliphatic rings. The number of ether oxygens (including phenoxy) is 1. The van der Waals surface area contributed by atoms with Crippen LogP contribution in [0.1, 0.15) is 38.7 Å². The maximum absolute atomic E-state index is 12.7. The molecule has 2 rings (SSSR count). The van der Waals surface area contributed by atoms with Gasteiger partial charge in [0, 0.05) is 37.6 Å². The van der Waals surface area contributed by atoms with E-state index in [2.05, 4.69) is 35.8 Å². The molecule has 6 heteroatoms. The Hall–Kier alpha value is -1.53. The second-order valence-corrected chi connectivity index (χ2v) is 7.60. The van der Waals surface area contributed by atoms with Crippen molar-refractivity contribution in [3.63, 3.8) is 0 Å². The van der Waals surface area contributed by atoms with Gasteiger partial charge in [0.25, 0.3) is 0 Å². The average Bonchev–Trinajstić information content (AvgIpc) is 2.95. The Morgan fingerprint density at radius 2 is 2.08 bits per heavy atom. The quantitative estimate of drug-likeness (QED) is 0.502. The van der Waals surface area contributed by atoms with Crippen molar-refractivity contribution >= 4 is 23.6 Å². The summed E-state index contributed by atoms with van der Waals surface area (Å²) in [5, 5.41) is 2.97. The summed E-state index contributed by atoms with van der Waals surface area (Å²) in [6.07, 6.45) is 4.61. The molecule has 26 heavy (non-hydrogen) atoms. The van der Waals surface area contributed by atoms with Crippen molar-refractivity contribution in [3.05, 3.63) is 29.8 Å². The number of rotatable bonds is 10. The Morgan fingerprint density at radius 3 is 2.73 bits per heavy atom. The molecule has 1 N–H and O–H groups in total. The number of carbonyl (C=O) groups is 2. The number of hydrogen-bond donors (Lipinski definition) is 1. The summed E-state index contributed by atoms with van der Waals surface area (Å²) >= 11 is 1.71. The fourth-order valence-corrected chi connectivity index (χ4v) is 3.66. The Balaban J connectivity index is 1.91. The molecule has 1 aromatic carbocycles. The number of hydrogen-bond acceptors (Lipinski definition) is 4. The number of carbonyl (C=O) groups excluding carboxylic acids is 2. The number of likely N-dealkylation sites (tertiary alicyclic amines) is 1. The molecule has 0 unspecified atom stereocenters. The molecule has 5 nitrogen and oxygen atoms in total. The minimum absolute atomic E-state index is 0.0578. The van der Waals surface area contributed by atoms with E-state index < -0.39 is 5.54 Å². The summed E-state index contributed by atoms with van der Waals surface area (Å²) in [7, 11) is 0. The van der Waals surface area contributed by atoms with E-state index in [1.54, 1.807) is 16.7 Å². The highest BCUT2D eigenvalue weighted by molar-refractivity contribution is 7.98. The van der Waals surface area contributed by atoms with Crippen LogP contribution in [0.2, 0.25) is 0 Å². The van der Waals surface area contributed by atoms with Gasteiger partial charge in [-0.25, -0.2) is 0 Å². The van der Waals surface area contributed by atoms with Gasteiger partial charge in [0.1, 0.15) is 5.54 Å². The van der Waals surface area contributed by atoms with Gasteiger partial charge in [-0.15, -0.1) is 11.8 Å². The number of nitrogens with zero attached hydrogens (tertiary/aromatic N) is 1. The van der Waals surface area contributed by atoms with Crippen LogP contribution in [0.5, 0.6) is 0 Å². The Kier molecular flexibility index (Phi) is 7.97. The first-order chi connectivity index (χ1) is 12.5. The van der Waals surface area contributed by atoms with Gasteiger partial charge in [-0.3, -0.25) is 9.59 Å². The molecular weight excluding hydrogens is 348 g/mol. The predicted molar refractivity (Wildman–Crippen MR) is 105 cm³/mol. The van der Waals surface area contributed by atoms with Crippen LogP contribution in [0.15, 0.2) is 29.2 Å². The highest BCUT2D eigenvalue weighted by atomic mass is 32.2. The maximum Gasteiger partial charge on any atom is 0.245 e. The van der Waals surface area contributed by atoms with Crippen molar-refractivity contribution in [3.8, 4) is 0 Å². The van der Waals surface area contributed by atoms with Crippen LogP contribution in [0.25, 0.3) is 0 Å². The summed E-state index contributed by atoms with van der Waals surface area (Å²) in [6.45, 7) is 6.31. The normalized spacial score (nSPS) is 19.8. The molecule has 1 fully saturated rings. The van der Waals surface area contributed by atoms with Crippen LogP contribution in [0, 0.1) is 0 Å². The zero-order chi connectivity index (χ0) is 19.0. The summed E-state index contributed by atoms with van der Waals surface area (Å²) < 4.78 is 5.29. The fraction of sp³-hybridized carbons (Fsp3) is 0.600. The van der Waals surface area contributed by atoms with E-state index in [4.69, 9.17) is 4.74 Å². The number of amides is 2. The Morgan fingerprint density at radius 1 is 1.35 bits per heavy atom. The van der Waals surface area contributed by atoms with E-state index >= 15 is 0 Å². The van der Waals surface area contributed by atoms with E-state index in [1.165, 1.54) is 10.5 Å². The van der Waals surface area contributed by atoms with Crippen LogP contribution < -0.4 is 5.32 Å². The number of benzene rings is 1. The lowest BCUT2D eigenvalue weighted by Crippen LogP contribution is -2.55. The highest BCUT2D eigenvalue weighted by Crippen LogP contribution is 2.30. The van der Waals surface area contributed by atoms with E-state index in [-0.39, 0.29) is 11.8 Å². The monoisotopic (exact) mass is 378 g/mol. The van der Waals surface area contributed by atoms with E-state index in [0.29, 0.717) is 39.1 Å². The van der Waals surface area contributed by atoms with Crippen molar-refractivity contribution in [1.82, 2.24) is 10.2 Å². The minimum Gasteiger partial charge on any atom is -0.382 e. The van der Waals surface area contributed by atoms with Crippen molar-refractivity contribution in [1.29, 1.82) is 0 Å². The van der Waals surface area contributed by atoms with Crippen LogP contribution in [-0.4, -0.2) is 54.8 Å². The molecule has 0 saturated carbocycles. The first kappa shape index (κ1) is 20.8. The molecule has 1 aliphatic heterocycles. The number of thioether (sulfide) groups is 1. The molecule has 1 heterocycles. The molecular formula is C20H30N2O3S. The van der Waals surface area contributed by atoms with E-state index in [9.17, 15) is 9.59 Å².